The molecular formula is C16H30N2. The Morgan fingerprint density at radius 2 is 1.44 bits per heavy atom. The average molecular weight is 250 g/mol. The molecule has 1 aromatic carbocycles. The van der Waals surface area contributed by atoms with Crippen molar-refractivity contribution in [2.24, 2.45) is 0 Å². The van der Waals surface area contributed by atoms with E-state index in [1.165, 1.54) is 43.6 Å². The molecule has 0 unspecified atom stereocenters. The van der Waals surface area contributed by atoms with Crippen molar-refractivity contribution in [3.63, 3.8) is 0 Å². The van der Waals surface area contributed by atoms with Gasteiger partial charge in [0.2, 0.25) is 0 Å². The third-order valence-electron chi connectivity index (χ3n) is 2.92. The van der Waals surface area contributed by atoms with Gasteiger partial charge < -0.3 is 10.2 Å². The highest BCUT2D eigenvalue weighted by atomic mass is 15.1. The maximum atomic E-state index is 3.05. The van der Waals surface area contributed by atoms with Gasteiger partial charge in [-0.05, 0) is 52.0 Å². The first-order valence-corrected chi connectivity index (χ1v) is 7.15. The fourth-order valence-electron chi connectivity index (χ4n) is 1.77. The van der Waals surface area contributed by atoms with Crippen LogP contribution in [0.5, 0.6) is 0 Å². The quantitative estimate of drug-likeness (QED) is 0.805. The zero-order valence-corrected chi connectivity index (χ0v) is 12.8. The normalized spacial score (nSPS) is 14.7. The molecule has 1 saturated heterocycles. The number of nitrogens with one attached hydrogen (secondary N) is 1. The number of hydrogen-bond acceptors (Lipinski definition) is 2. The van der Waals surface area contributed by atoms with Crippen LogP contribution in [0.3, 0.4) is 0 Å². The van der Waals surface area contributed by atoms with Gasteiger partial charge in [0.1, 0.15) is 0 Å². The first-order chi connectivity index (χ1) is 8.72. The van der Waals surface area contributed by atoms with Gasteiger partial charge in [-0.1, -0.05) is 38.0 Å². The van der Waals surface area contributed by atoms with Gasteiger partial charge in [-0.15, -0.1) is 0 Å². The molecule has 1 aliphatic heterocycles. The molecule has 0 atom stereocenters. The Bertz CT molecular complexity index is 274. The van der Waals surface area contributed by atoms with Gasteiger partial charge in [0, 0.05) is 12.7 Å². The summed E-state index contributed by atoms with van der Waals surface area (Å²) in [5.74, 6) is 0. The lowest BCUT2D eigenvalue weighted by Gasteiger charge is -2.20. The Morgan fingerprint density at radius 1 is 0.944 bits per heavy atom. The number of nitrogens with zero attached hydrogens (tertiary/aromatic N) is 1. The summed E-state index contributed by atoms with van der Waals surface area (Å²) in [6, 6.07) is 8.31. The minimum absolute atomic E-state index is 1.17. The highest BCUT2D eigenvalue weighted by Gasteiger charge is 2.02. The summed E-state index contributed by atoms with van der Waals surface area (Å²) in [5, 5.41) is 3.05. The van der Waals surface area contributed by atoms with Crippen LogP contribution in [0, 0.1) is 6.92 Å². The van der Waals surface area contributed by atoms with Crippen molar-refractivity contribution in [2.45, 2.75) is 40.0 Å². The minimum atomic E-state index is 1.17. The molecule has 1 aliphatic rings. The van der Waals surface area contributed by atoms with Gasteiger partial charge in [-0.3, -0.25) is 0 Å². The number of rotatable bonds is 1. The van der Waals surface area contributed by atoms with E-state index >= 15 is 0 Å². The molecular weight excluding hydrogens is 220 g/mol. The molecule has 1 heterocycles. The lowest BCUT2D eigenvalue weighted by Crippen LogP contribution is -2.24. The summed E-state index contributed by atoms with van der Waals surface area (Å²) in [7, 11) is 4.11. The fraction of sp³-hybridized carbons (Fsp3) is 0.625. The van der Waals surface area contributed by atoms with E-state index in [1.54, 1.807) is 0 Å². The number of piperidine rings is 1. The molecule has 18 heavy (non-hydrogen) atoms. The van der Waals surface area contributed by atoms with Gasteiger partial charge in [0.15, 0.2) is 0 Å². The number of hydrogen-bond donors (Lipinski definition) is 1. The Hall–Kier alpha value is -1.02. The third-order valence-corrected chi connectivity index (χ3v) is 2.92. The van der Waals surface area contributed by atoms with Crippen molar-refractivity contribution in [1.29, 1.82) is 0 Å². The van der Waals surface area contributed by atoms with Crippen LogP contribution in [0.1, 0.15) is 38.7 Å². The maximum absolute atomic E-state index is 3.05. The van der Waals surface area contributed by atoms with Gasteiger partial charge >= 0.3 is 0 Å². The predicted molar refractivity (Wildman–Crippen MR) is 83.4 cm³/mol. The third kappa shape index (κ3) is 8.13. The molecule has 2 nitrogen and oxygen atoms in total. The average Bonchev–Trinajstić information content (AvgIpc) is 2.43. The first-order valence-electron chi connectivity index (χ1n) is 7.15. The predicted octanol–water partition coefficient (Wildman–Crippen LogP) is 4.17. The van der Waals surface area contributed by atoms with E-state index in [9.17, 15) is 0 Å². The van der Waals surface area contributed by atoms with E-state index in [1.807, 2.05) is 20.9 Å². The molecule has 0 spiro atoms. The van der Waals surface area contributed by atoms with Crippen LogP contribution in [0.15, 0.2) is 24.3 Å². The summed E-state index contributed by atoms with van der Waals surface area (Å²) in [6.07, 6.45) is 4.28. The second-order valence-electron chi connectivity index (χ2n) is 4.48. The van der Waals surface area contributed by atoms with E-state index in [-0.39, 0.29) is 0 Å². The number of anilines is 1. The van der Waals surface area contributed by atoms with Crippen molar-refractivity contribution in [1.82, 2.24) is 4.90 Å². The highest BCUT2D eigenvalue weighted by molar-refractivity contribution is 5.43. The molecule has 104 valence electrons. The van der Waals surface area contributed by atoms with Crippen LogP contribution in [0.4, 0.5) is 5.69 Å². The molecule has 0 aromatic heterocycles. The minimum Gasteiger partial charge on any atom is -0.388 e. The van der Waals surface area contributed by atoms with Crippen molar-refractivity contribution in [3.05, 3.63) is 29.8 Å². The Labute approximate surface area is 113 Å². The van der Waals surface area contributed by atoms with Crippen LogP contribution in [-0.2, 0) is 0 Å². The molecule has 2 heteroatoms. The maximum Gasteiger partial charge on any atom is 0.0337 e. The summed E-state index contributed by atoms with van der Waals surface area (Å²) >= 11 is 0. The molecule has 1 fully saturated rings. The largest absolute Gasteiger partial charge is 0.388 e. The summed E-state index contributed by atoms with van der Waals surface area (Å²) in [6.45, 7) is 8.72. The SMILES string of the molecule is CC.CN1CCCCC1.CNc1ccc(C)cc1. The topological polar surface area (TPSA) is 15.3 Å². The monoisotopic (exact) mass is 250 g/mol. The Morgan fingerprint density at radius 3 is 1.78 bits per heavy atom. The Kier molecular flexibility index (Phi) is 10.5. The zero-order valence-electron chi connectivity index (χ0n) is 12.8. The highest BCUT2D eigenvalue weighted by Crippen LogP contribution is 2.06. The van der Waals surface area contributed by atoms with Crippen molar-refractivity contribution < 1.29 is 0 Å². The van der Waals surface area contributed by atoms with Gasteiger partial charge in [-0.25, -0.2) is 0 Å². The first kappa shape index (κ1) is 17.0. The molecule has 0 bridgehead atoms. The summed E-state index contributed by atoms with van der Waals surface area (Å²) in [5.41, 5.74) is 2.47. The lowest BCUT2D eigenvalue weighted by atomic mass is 10.1. The second kappa shape index (κ2) is 11.1. The standard InChI is InChI=1S/C8H11N.C6H13N.C2H6/c1-7-3-5-8(9-2)6-4-7;1-7-5-3-2-4-6-7;1-2/h3-6,9H,1-2H3;2-6H2,1H3;1-2H3. The molecule has 2 rings (SSSR count). The van der Waals surface area contributed by atoms with Crippen LogP contribution in [0.25, 0.3) is 0 Å². The molecule has 0 aliphatic carbocycles. The van der Waals surface area contributed by atoms with E-state index in [2.05, 4.69) is 48.5 Å². The van der Waals surface area contributed by atoms with Crippen LogP contribution < -0.4 is 5.32 Å². The van der Waals surface area contributed by atoms with E-state index in [4.69, 9.17) is 0 Å². The molecule has 0 amide bonds. The van der Waals surface area contributed by atoms with E-state index < -0.39 is 0 Å². The summed E-state index contributed by atoms with van der Waals surface area (Å²) in [4.78, 5) is 2.39. The number of benzene rings is 1. The van der Waals surface area contributed by atoms with Crippen molar-refractivity contribution in [2.75, 3.05) is 32.5 Å². The van der Waals surface area contributed by atoms with E-state index in [0.717, 1.165) is 0 Å². The van der Waals surface area contributed by atoms with Gasteiger partial charge in [-0.2, -0.15) is 0 Å². The number of aryl methyl sites for hydroxylation is 1. The van der Waals surface area contributed by atoms with Crippen LogP contribution in [0.2, 0.25) is 0 Å². The second-order valence-corrected chi connectivity index (χ2v) is 4.48. The smallest absolute Gasteiger partial charge is 0.0337 e. The Balaban J connectivity index is 0.000000289. The van der Waals surface area contributed by atoms with Crippen molar-refractivity contribution in [3.8, 4) is 0 Å². The zero-order chi connectivity index (χ0) is 13.8. The van der Waals surface area contributed by atoms with Crippen LogP contribution in [-0.4, -0.2) is 32.1 Å². The van der Waals surface area contributed by atoms with Gasteiger partial charge in [0.25, 0.3) is 0 Å². The van der Waals surface area contributed by atoms with Crippen molar-refractivity contribution >= 4 is 5.69 Å². The molecule has 0 saturated carbocycles. The number of likely N-dealkylation sites (tertiary alicyclic amines) is 1. The lowest BCUT2D eigenvalue weighted by molar-refractivity contribution is 0.277. The molecule has 1 aromatic rings. The molecule has 1 N–H and O–H groups in total. The van der Waals surface area contributed by atoms with E-state index in [0.29, 0.717) is 0 Å². The van der Waals surface area contributed by atoms with Gasteiger partial charge in [0.05, 0.1) is 0 Å². The fourth-order valence-corrected chi connectivity index (χ4v) is 1.77. The summed E-state index contributed by atoms with van der Waals surface area (Å²) < 4.78 is 0. The molecule has 0 radical (unpaired) electrons. The van der Waals surface area contributed by atoms with Crippen LogP contribution >= 0.6 is 0 Å².